The van der Waals surface area contributed by atoms with Crippen LogP contribution in [-0.2, 0) is 6.54 Å². The van der Waals surface area contributed by atoms with E-state index in [-0.39, 0.29) is 6.10 Å². The zero-order valence-corrected chi connectivity index (χ0v) is 19.5. The van der Waals surface area contributed by atoms with Gasteiger partial charge in [-0.05, 0) is 51.1 Å². The number of carbonyl (C=O) groups is 1. The highest BCUT2D eigenvalue weighted by Crippen LogP contribution is 2.05. The molecule has 2 aromatic carbocycles. The number of aldehydes is 1. The lowest BCUT2D eigenvalue weighted by Gasteiger charge is -2.11. The number of aromatic nitrogens is 2. The van der Waals surface area contributed by atoms with Gasteiger partial charge in [-0.15, -0.1) is 0 Å². The summed E-state index contributed by atoms with van der Waals surface area (Å²) >= 11 is 0. The molecule has 1 unspecified atom stereocenters. The van der Waals surface area contributed by atoms with E-state index in [1.165, 1.54) is 23.3 Å². The molecule has 0 saturated carbocycles. The molecule has 4 N–H and O–H groups in total. The van der Waals surface area contributed by atoms with Gasteiger partial charge in [0.1, 0.15) is 17.3 Å². The number of halogens is 2. The summed E-state index contributed by atoms with van der Waals surface area (Å²) in [6.07, 6.45) is 3.68. The van der Waals surface area contributed by atoms with Crippen molar-refractivity contribution in [3.8, 4) is 0 Å². The van der Waals surface area contributed by atoms with E-state index in [0.29, 0.717) is 30.6 Å². The van der Waals surface area contributed by atoms with Crippen molar-refractivity contribution < 1.29 is 23.7 Å². The minimum absolute atomic E-state index is 0.320. The molecule has 178 valence electrons. The lowest BCUT2D eigenvalue weighted by atomic mass is 10.1. The number of carbonyl (C=O) groups excluding carboxylic acids is 1. The SMILES string of the molecule is CNCC(O)CNCc1cccc(C)c1.Cc1c[nH+]cc(C=O)n1.Cc1cc(F)cc(F)c1. The zero-order chi connectivity index (χ0) is 24.6. The van der Waals surface area contributed by atoms with Gasteiger partial charge in [0, 0.05) is 25.7 Å². The highest BCUT2D eigenvalue weighted by molar-refractivity contribution is 5.70. The van der Waals surface area contributed by atoms with Crippen LogP contribution in [0.4, 0.5) is 8.78 Å². The standard InChI is InChI=1S/C12H20N2O.C7H6F2.C6H6N2O/c1-10-4-3-5-11(6-10)7-14-9-12(15)8-13-2;1-5-2-6(8)4-7(9)3-5;1-5-2-7-3-6(4-9)8-5/h3-6,12-15H,7-9H2,1-2H3;2*2-4H,1H3/p+1. The number of aryl methyl sites for hydroxylation is 3. The summed E-state index contributed by atoms with van der Waals surface area (Å²) in [7, 11) is 1.84. The van der Waals surface area contributed by atoms with Gasteiger partial charge >= 0.3 is 0 Å². The van der Waals surface area contributed by atoms with Crippen molar-refractivity contribution >= 4 is 6.29 Å². The molecule has 1 atom stereocenters. The van der Waals surface area contributed by atoms with E-state index in [9.17, 15) is 18.7 Å². The molecule has 1 heterocycles. The third-order valence-electron chi connectivity index (χ3n) is 4.19. The van der Waals surface area contributed by atoms with Crippen LogP contribution in [0.25, 0.3) is 0 Å². The van der Waals surface area contributed by atoms with Crippen molar-refractivity contribution in [2.75, 3.05) is 20.1 Å². The van der Waals surface area contributed by atoms with Gasteiger partial charge < -0.3 is 15.7 Å². The number of benzene rings is 2. The predicted molar refractivity (Wildman–Crippen MR) is 125 cm³/mol. The Morgan fingerprint density at radius 1 is 1.03 bits per heavy atom. The lowest BCUT2D eigenvalue weighted by molar-refractivity contribution is -0.379. The van der Waals surface area contributed by atoms with Crippen molar-refractivity contribution in [3.05, 3.63) is 94.6 Å². The number of hydrogen-bond donors (Lipinski definition) is 3. The van der Waals surface area contributed by atoms with Gasteiger partial charge in [-0.2, -0.15) is 0 Å². The topological polar surface area (TPSA) is 88.4 Å². The van der Waals surface area contributed by atoms with Crippen molar-refractivity contribution in [3.63, 3.8) is 0 Å². The van der Waals surface area contributed by atoms with Crippen molar-refractivity contribution in [2.45, 2.75) is 33.4 Å². The van der Waals surface area contributed by atoms with E-state index in [1.807, 2.05) is 14.0 Å². The molecule has 0 aliphatic carbocycles. The van der Waals surface area contributed by atoms with E-state index < -0.39 is 11.6 Å². The highest BCUT2D eigenvalue weighted by Gasteiger charge is 2.01. The molecule has 0 amide bonds. The fraction of sp³-hybridized carbons (Fsp3) is 0.320. The molecule has 33 heavy (non-hydrogen) atoms. The van der Waals surface area contributed by atoms with Crippen LogP contribution in [0.15, 0.2) is 54.9 Å². The van der Waals surface area contributed by atoms with Crippen LogP contribution >= 0.6 is 0 Å². The van der Waals surface area contributed by atoms with E-state index in [1.54, 1.807) is 19.3 Å². The maximum atomic E-state index is 12.2. The minimum atomic E-state index is -0.521. The summed E-state index contributed by atoms with van der Waals surface area (Å²) in [6, 6.07) is 11.8. The fourth-order valence-corrected chi connectivity index (χ4v) is 2.78. The molecule has 1 aromatic heterocycles. The summed E-state index contributed by atoms with van der Waals surface area (Å²) < 4.78 is 24.4. The average molecular weight is 460 g/mol. The van der Waals surface area contributed by atoms with Crippen molar-refractivity contribution in [1.29, 1.82) is 0 Å². The van der Waals surface area contributed by atoms with Crippen molar-refractivity contribution in [2.24, 2.45) is 0 Å². The first-order chi connectivity index (χ1) is 15.7. The molecule has 0 spiro atoms. The first kappa shape index (κ1) is 28.0. The Hall–Kier alpha value is -3.07. The summed E-state index contributed by atoms with van der Waals surface area (Å²) in [4.78, 5) is 16.8. The number of likely N-dealkylation sites (N-methyl/N-ethyl adjacent to an activating group) is 1. The maximum absolute atomic E-state index is 12.2. The Balaban J connectivity index is 0.000000261. The van der Waals surface area contributed by atoms with Crippen LogP contribution in [0, 0.1) is 32.4 Å². The third kappa shape index (κ3) is 13.2. The number of nitrogens with one attached hydrogen (secondary N) is 3. The van der Waals surface area contributed by atoms with Crippen LogP contribution < -0.4 is 15.6 Å². The predicted octanol–water partition coefficient (Wildman–Crippen LogP) is 2.95. The van der Waals surface area contributed by atoms with Crippen LogP contribution in [-0.4, -0.2) is 42.6 Å². The molecular weight excluding hydrogens is 426 g/mol. The number of H-pyrrole nitrogens is 1. The number of rotatable bonds is 7. The molecule has 8 heteroatoms. The summed E-state index contributed by atoms with van der Waals surface area (Å²) in [5.41, 5.74) is 4.39. The van der Waals surface area contributed by atoms with E-state index >= 15 is 0 Å². The zero-order valence-electron chi connectivity index (χ0n) is 19.5. The smallest absolute Gasteiger partial charge is 0.196 e. The molecule has 0 aliphatic rings. The van der Waals surface area contributed by atoms with Crippen LogP contribution in [0.1, 0.15) is 32.9 Å². The Labute approximate surface area is 194 Å². The third-order valence-corrected chi connectivity index (χ3v) is 4.19. The normalized spacial score (nSPS) is 10.9. The molecule has 3 rings (SSSR count). The Morgan fingerprint density at radius 3 is 2.24 bits per heavy atom. The molecular formula is C25H33F2N4O2+. The van der Waals surface area contributed by atoms with Gasteiger partial charge in [-0.3, -0.25) is 4.79 Å². The number of hydrogen-bond acceptors (Lipinski definition) is 5. The average Bonchev–Trinajstić information content (AvgIpc) is 2.74. The second kappa shape index (κ2) is 15.7. The number of aliphatic hydroxyl groups excluding tert-OH is 1. The molecule has 0 fully saturated rings. The van der Waals surface area contributed by atoms with Gasteiger partial charge in [-0.1, -0.05) is 29.8 Å². The molecule has 0 bridgehead atoms. The monoisotopic (exact) mass is 459 g/mol. The van der Waals surface area contributed by atoms with E-state index in [4.69, 9.17) is 0 Å². The van der Waals surface area contributed by atoms with Crippen molar-refractivity contribution in [1.82, 2.24) is 15.6 Å². The molecule has 0 aliphatic heterocycles. The maximum Gasteiger partial charge on any atom is 0.196 e. The molecule has 3 aromatic rings. The number of aromatic amines is 1. The Morgan fingerprint density at radius 2 is 1.73 bits per heavy atom. The first-order valence-electron chi connectivity index (χ1n) is 10.5. The Kier molecular flexibility index (Phi) is 13.3. The summed E-state index contributed by atoms with van der Waals surface area (Å²) in [5.74, 6) is -1.04. The van der Waals surface area contributed by atoms with Gasteiger partial charge in [0.15, 0.2) is 24.4 Å². The second-order valence-corrected chi connectivity index (χ2v) is 7.53. The number of aliphatic hydroxyl groups is 1. The number of nitrogens with zero attached hydrogens (tertiary/aromatic N) is 1. The lowest BCUT2D eigenvalue weighted by Crippen LogP contribution is -2.33. The van der Waals surface area contributed by atoms with Crippen LogP contribution in [0.5, 0.6) is 0 Å². The Bertz CT molecular complexity index is 936. The van der Waals surface area contributed by atoms with Gasteiger partial charge in [0.25, 0.3) is 0 Å². The minimum Gasteiger partial charge on any atom is -0.390 e. The fourth-order valence-electron chi connectivity index (χ4n) is 2.78. The van der Waals surface area contributed by atoms with E-state index in [0.717, 1.165) is 18.3 Å². The van der Waals surface area contributed by atoms with E-state index in [2.05, 4.69) is 51.8 Å². The van der Waals surface area contributed by atoms with Crippen LogP contribution in [0.2, 0.25) is 0 Å². The quantitative estimate of drug-likeness (QED) is 0.473. The summed E-state index contributed by atoms with van der Waals surface area (Å²) in [6.45, 7) is 7.60. The molecule has 0 radical (unpaired) electrons. The molecule has 0 saturated heterocycles. The van der Waals surface area contributed by atoms with Crippen LogP contribution in [0.3, 0.4) is 0 Å². The van der Waals surface area contributed by atoms with Gasteiger partial charge in [0.05, 0.1) is 6.10 Å². The molecule has 6 nitrogen and oxygen atoms in total. The van der Waals surface area contributed by atoms with Gasteiger partial charge in [0.2, 0.25) is 0 Å². The van der Waals surface area contributed by atoms with Gasteiger partial charge in [-0.25, -0.2) is 18.7 Å². The first-order valence-corrected chi connectivity index (χ1v) is 10.5. The second-order valence-electron chi connectivity index (χ2n) is 7.53. The highest BCUT2D eigenvalue weighted by atomic mass is 19.1. The largest absolute Gasteiger partial charge is 0.390 e. The summed E-state index contributed by atoms with van der Waals surface area (Å²) in [5, 5.41) is 15.6.